The molecule has 2 N–H and O–H groups in total. The Labute approximate surface area is 188 Å². The van der Waals surface area contributed by atoms with E-state index >= 15 is 0 Å². The number of nitrogens with two attached hydrogens (primary N) is 1. The Morgan fingerprint density at radius 3 is 2.00 bits per heavy atom. The van der Waals surface area contributed by atoms with Gasteiger partial charge in [0.2, 0.25) is 0 Å². The summed E-state index contributed by atoms with van der Waals surface area (Å²) in [4.78, 5) is 25.2. The lowest BCUT2D eigenvalue weighted by Gasteiger charge is -2.27. The van der Waals surface area contributed by atoms with E-state index in [1.807, 2.05) is 6.92 Å². The number of hydrogen-bond donors (Lipinski definition) is 1. The summed E-state index contributed by atoms with van der Waals surface area (Å²) in [5.41, 5.74) is 6.32. The van der Waals surface area contributed by atoms with Crippen LogP contribution in [-0.2, 0) is 29.2 Å². The van der Waals surface area contributed by atoms with Gasteiger partial charge in [0.1, 0.15) is 16.2 Å². The Bertz CT molecular complexity index is 1040. The maximum absolute atomic E-state index is 12.9. The molecule has 2 rings (SSSR count). The number of hydrogen-bond acceptors (Lipinski definition) is 8. The molecule has 0 heterocycles. The second-order valence-electron chi connectivity index (χ2n) is 8.30. The molecule has 0 amide bonds. The fraction of sp³-hybridized carbons (Fsp3) is 0.391. The van der Waals surface area contributed by atoms with E-state index in [9.17, 15) is 18.0 Å². The number of esters is 2. The van der Waals surface area contributed by atoms with Crippen molar-refractivity contribution in [3.63, 3.8) is 0 Å². The molecule has 32 heavy (non-hydrogen) atoms. The minimum absolute atomic E-state index is 0.0210. The first-order chi connectivity index (χ1) is 14.9. The molecule has 9 heteroatoms. The summed E-state index contributed by atoms with van der Waals surface area (Å²) in [5.74, 6) is -3.24. The number of carbonyl (C=O) groups is 2. The molecule has 2 aromatic carbocycles. The van der Waals surface area contributed by atoms with E-state index in [2.05, 4.69) is 0 Å². The predicted molar refractivity (Wildman–Crippen MR) is 119 cm³/mol. The third-order valence-electron chi connectivity index (χ3n) is 4.58. The molecule has 0 spiro atoms. The van der Waals surface area contributed by atoms with Gasteiger partial charge in [0.05, 0.1) is 18.9 Å². The van der Waals surface area contributed by atoms with E-state index in [0.29, 0.717) is 5.56 Å². The lowest BCUT2D eigenvalue weighted by molar-refractivity contribution is -0.163. The van der Waals surface area contributed by atoms with Crippen molar-refractivity contribution in [1.29, 1.82) is 0 Å². The van der Waals surface area contributed by atoms with Crippen molar-refractivity contribution in [3.05, 3.63) is 59.7 Å². The van der Waals surface area contributed by atoms with E-state index in [1.54, 1.807) is 32.9 Å². The quantitative estimate of drug-likeness (QED) is 0.468. The maximum atomic E-state index is 12.9. The first kappa shape index (κ1) is 25.4. The van der Waals surface area contributed by atoms with Crippen molar-refractivity contribution in [3.8, 4) is 5.75 Å². The van der Waals surface area contributed by atoms with E-state index < -0.39 is 39.5 Å². The third kappa shape index (κ3) is 6.54. The Morgan fingerprint density at radius 1 is 0.969 bits per heavy atom. The fourth-order valence-electron chi connectivity index (χ4n) is 3.03. The Kier molecular flexibility index (Phi) is 8.03. The van der Waals surface area contributed by atoms with Crippen LogP contribution in [0.2, 0.25) is 0 Å². The molecule has 0 bridgehead atoms. The van der Waals surface area contributed by atoms with Crippen LogP contribution in [-0.4, -0.2) is 39.6 Å². The van der Waals surface area contributed by atoms with Crippen LogP contribution in [0, 0.1) is 12.8 Å². The van der Waals surface area contributed by atoms with Gasteiger partial charge >= 0.3 is 22.1 Å². The van der Waals surface area contributed by atoms with Crippen molar-refractivity contribution in [2.24, 2.45) is 11.7 Å². The zero-order valence-corrected chi connectivity index (χ0v) is 19.6. The van der Waals surface area contributed by atoms with E-state index in [4.69, 9.17) is 19.4 Å². The molecule has 8 nitrogen and oxygen atoms in total. The highest BCUT2D eigenvalue weighted by Gasteiger charge is 2.38. The molecule has 174 valence electrons. The van der Waals surface area contributed by atoms with E-state index in [1.165, 1.54) is 43.5 Å². The largest absolute Gasteiger partial charge is 0.469 e. The highest BCUT2D eigenvalue weighted by atomic mass is 32.2. The molecular formula is C23H29NO7S. The van der Waals surface area contributed by atoms with Crippen molar-refractivity contribution >= 4 is 22.1 Å². The molecule has 0 aliphatic carbocycles. The molecule has 2 atom stereocenters. The third-order valence-corrected chi connectivity index (χ3v) is 5.84. The summed E-state index contributed by atoms with van der Waals surface area (Å²) >= 11 is 0. The van der Waals surface area contributed by atoms with Gasteiger partial charge in [-0.15, -0.1) is 0 Å². The predicted octanol–water partition coefficient (Wildman–Crippen LogP) is 2.94. The molecule has 0 fully saturated rings. The normalized spacial score (nSPS) is 13.7. The summed E-state index contributed by atoms with van der Waals surface area (Å²) in [5, 5.41) is 0. The zero-order valence-electron chi connectivity index (χ0n) is 18.8. The van der Waals surface area contributed by atoms with E-state index in [-0.39, 0.29) is 17.2 Å². The smallest absolute Gasteiger partial charge is 0.339 e. The Balaban J connectivity index is 2.34. The number of ether oxygens (including phenoxy) is 2. The second kappa shape index (κ2) is 10.1. The van der Waals surface area contributed by atoms with Crippen LogP contribution in [0.25, 0.3) is 0 Å². The highest BCUT2D eigenvalue weighted by Crippen LogP contribution is 2.31. The lowest BCUT2D eigenvalue weighted by atomic mass is 9.85. The maximum Gasteiger partial charge on any atom is 0.339 e. The van der Waals surface area contributed by atoms with Crippen LogP contribution < -0.4 is 9.92 Å². The molecule has 0 aliphatic heterocycles. The van der Waals surface area contributed by atoms with Gasteiger partial charge in [0, 0.05) is 6.54 Å². The Morgan fingerprint density at radius 2 is 1.53 bits per heavy atom. The van der Waals surface area contributed by atoms with E-state index in [0.717, 1.165) is 5.56 Å². The van der Waals surface area contributed by atoms with Crippen LogP contribution in [0.15, 0.2) is 53.4 Å². The SMILES string of the molecule is COC(=O)C(CN)C(C(=O)OC(C)(C)C)c1ccc(OS(=O)(=O)c2ccc(C)cc2)cc1. The van der Waals surface area contributed by atoms with Gasteiger partial charge in [-0.3, -0.25) is 9.59 Å². The topological polar surface area (TPSA) is 122 Å². The number of benzene rings is 2. The molecule has 0 aliphatic rings. The van der Waals surface area contributed by atoms with Gasteiger partial charge < -0.3 is 19.4 Å². The van der Waals surface area contributed by atoms with Crippen LogP contribution in [0.4, 0.5) is 0 Å². The van der Waals surface area contributed by atoms with Gasteiger partial charge in [-0.1, -0.05) is 29.8 Å². The fourth-order valence-corrected chi connectivity index (χ4v) is 3.96. The number of carbonyl (C=O) groups excluding carboxylic acids is 2. The summed E-state index contributed by atoms with van der Waals surface area (Å²) in [7, 11) is -2.82. The van der Waals surface area contributed by atoms with Gasteiger partial charge in [0.15, 0.2) is 0 Å². The number of aryl methyl sites for hydroxylation is 1. The van der Waals surface area contributed by atoms with Crippen molar-refractivity contribution in [2.45, 2.75) is 44.1 Å². The van der Waals surface area contributed by atoms with Gasteiger partial charge in [-0.05, 0) is 57.5 Å². The van der Waals surface area contributed by atoms with Gasteiger partial charge in [-0.25, -0.2) is 0 Å². The van der Waals surface area contributed by atoms with Crippen molar-refractivity contribution in [1.82, 2.24) is 0 Å². The van der Waals surface area contributed by atoms with Gasteiger partial charge in [0.25, 0.3) is 0 Å². The first-order valence-electron chi connectivity index (χ1n) is 10.00. The summed E-state index contributed by atoms with van der Waals surface area (Å²) in [6.07, 6.45) is 0. The molecule has 2 aromatic rings. The first-order valence-corrected chi connectivity index (χ1v) is 11.4. The van der Waals surface area contributed by atoms with Crippen LogP contribution in [0.3, 0.4) is 0 Å². The molecular weight excluding hydrogens is 434 g/mol. The van der Waals surface area contributed by atoms with Gasteiger partial charge in [-0.2, -0.15) is 8.42 Å². The molecule has 2 unspecified atom stereocenters. The molecule has 0 saturated carbocycles. The molecule has 0 saturated heterocycles. The standard InChI is InChI=1S/C23H29NO7S/c1-15-6-12-18(13-7-15)32(27,28)31-17-10-8-16(9-11-17)20(19(14-24)21(25)29-5)22(26)30-23(2,3)4/h6-13,19-20H,14,24H2,1-5H3. The number of rotatable bonds is 8. The highest BCUT2D eigenvalue weighted by molar-refractivity contribution is 7.87. The Hall–Kier alpha value is -2.91. The molecule has 0 radical (unpaired) electrons. The van der Waals surface area contributed by atoms with Crippen molar-refractivity contribution in [2.75, 3.05) is 13.7 Å². The monoisotopic (exact) mass is 463 g/mol. The summed E-state index contributed by atoms with van der Waals surface area (Å²) in [6.45, 7) is 6.84. The van der Waals surface area contributed by atoms with Crippen LogP contribution in [0.1, 0.15) is 37.8 Å². The van der Waals surface area contributed by atoms with Crippen LogP contribution >= 0.6 is 0 Å². The summed E-state index contributed by atoms with van der Waals surface area (Å²) < 4.78 is 40.5. The number of methoxy groups -OCH3 is 1. The summed E-state index contributed by atoms with van der Waals surface area (Å²) in [6, 6.07) is 12.1. The zero-order chi connectivity index (χ0) is 24.1. The second-order valence-corrected chi connectivity index (χ2v) is 9.84. The molecule has 0 aromatic heterocycles. The minimum atomic E-state index is -4.03. The van der Waals surface area contributed by atoms with Crippen molar-refractivity contribution < 1.29 is 31.7 Å². The average Bonchev–Trinajstić information content (AvgIpc) is 2.71. The van der Waals surface area contributed by atoms with Crippen LogP contribution in [0.5, 0.6) is 5.75 Å². The average molecular weight is 464 g/mol. The minimum Gasteiger partial charge on any atom is -0.469 e. The lowest BCUT2D eigenvalue weighted by Crippen LogP contribution is -2.38.